The SMILES string of the molecule is COc1cccc(CCNC(=O)c2ccc(F)cc2N)c1. The molecule has 2 aromatic rings. The summed E-state index contributed by atoms with van der Waals surface area (Å²) in [5.41, 5.74) is 7.10. The van der Waals surface area contributed by atoms with Crippen molar-refractivity contribution in [1.82, 2.24) is 5.32 Å². The van der Waals surface area contributed by atoms with E-state index in [1.807, 2.05) is 24.3 Å². The Morgan fingerprint density at radius 3 is 2.81 bits per heavy atom. The predicted octanol–water partition coefficient (Wildman–Crippen LogP) is 2.39. The van der Waals surface area contributed by atoms with Crippen molar-refractivity contribution in [2.45, 2.75) is 6.42 Å². The normalized spacial score (nSPS) is 10.2. The Hall–Kier alpha value is -2.56. The number of benzene rings is 2. The van der Waals surface area contributed by atoms with Crippen LogP contribution in [0.5, 0.6) is 5.75 Å². The highest BCUT2D eigenvalue weighted by Crippen LogP contribution is 2.14. The lowest BCUT2D eigenvalue weighted by molar-refractivity contribution is 0.0955. The van der Waals surface area contributed by atoms with E-state index in [1.165, 1.54) is 12.1 Å². The molecule has 0 aliphatic carbocycles. The van der Waals surface area contributed by atoms with Crippen LogP contribution < -0.4 is 15.8 Å². The molecule has 1 amide bonds. The third-order valence-electron chi connectivity index (χ3n) is 3.09. The van der Waals surface area contributed by atoms with E-state index in [4.69, 9.17) is 10.5 Å². The summed E-state index contributed by atoms with van der Waals surface area (Å²) in [6, 6.07) is 11.4. The van der Waals surface area contributed by atoms with Gasteiger partial charge >= 0.3 is 0 Å². The number of carbonyl (C=O) groups is 1. The van der Waals surface area contributed by atoms with Crippen molar-refractivity contribution >= 4 is 11.6 Å². The number of methoxy groups -OCH3 is 1. The molecule has 0 saturated heterocycles. The number of amides is 1. The number of ether oxygens (including phenoxy) is 1. The number of hydrogen-bond donors (Lipinski definition) is 2. The van der Waals surface area contributed by atoms with E-state index in [-0.39, 0.29) is 17.2 Å². The van der Waals surface area contributed by atoms with Crippen LogP contribution in [0.25, 0.3) is 0 Å². The molecule has 0 radical (unpaired) electrons. The number of rotatable bonds is 5. The first-order valence-corrected chi connectivity index (χ1v) is 6.56. The maximum Gasteiger partial charge on any atom is 0.253 e. The second-order valence-electron chi connectivity index (χ2n) is 4.59. The second-order valence-corrected chi connectivity index (χ2v) is 4.59. The summed E-state index contributed by atoms with van der Waals surface area (Å²) in [4.78, 5) is 12.0. The molecule has 0 saturated carbocycles. The van der Waals surface area contributed by atoms with Crippen molar-refractivity contribution in [2.75, 3.05) is 19.4 Å². The summed E-state index contributed by atoms with van der Waals surface area (Å²) in [6.07, 6.45) is 0.671. The predicted molar refractivity (Wildman–Crippen MR) is 79.8 cm³/mol. The fourth-order valence-electron chi connectivity index (χ4n) is 1.98. The minimum atomic E-state index is -0.458. The van der Waals surface area contributed by atoms with Crippen LogP contribution in [0, 0.1) is 5.82 Å². The lowest BCUT2D eigenvalue weighted by Crippen LogP contribution is -2.26. The van der Waals surface area contributed by atoms with Crippen LogP contribution in [-0.2, 0) is 6.42 Å². The molecule has 0 spiro atoms. The first kappa shape index (κ1) is 14.8. The standard InChI is InChI=1S/C16H17FN2O2/c1-21-13-4-2-3-11(9-13)7-8-19-16(20)14-6-5-12(17)10-15(14)18/h2-6,9-10H,7-8,18H2,1H3,(H,19,20). The molecular weight excluding hydrogens is 271 g/mol. The van der Waals surface area contributed by atoms with Crippen LogP contribution in [0.15, 0.2) is 42.5 Å². The topological polar surface area (TPSA) is 64.3 Å². The first-order valence-electron chi connectivity index (χ1n) is 6.56. The Morgan fingerprint density at radius 2 is 2.10 bits per heavy atom. The van der Waals surface area contributed by atoms with E-state index in [9.17, 15) is 9.18 Å². The zero-order valence-corrected chi connectivity index (χ0v) is 11.7. The van der Waals surface area contributed by atoms with E-state index in [2.05, 4.69) is 5.32 Å². The zero-order chi connectivity index (χ0) is 15.2. The number of halogens is 1. The Bertz CT molecular complexity index is 644. The van der Waals surface area contributed by atoms with Crippen molar-refractivity contribution in [3.63, 3.8) is 0 Å². The van der Waals surface area contributed by atoms with Crippen LogP contribution >= 0.6 is 0 Å². The average Bonchev–Trinajstić information content (AvgIpc) is 2.47. The van der Waals surface area contributed by atoms with Gasteiger partial charge in [-0.2, -0.15) is 0 Å². The van der Waals surface area contributed by atoms with Crippen molar-refractivity contribution in [2.24, 2.45) is 0 Å². The highest BCUT2D eigenvalue weighted by atomic mass is 19.1. The number of hydrogen-bond acceptors (Lipinski definition) is 3. The Labute approximate surface area is 122 Å². The molecule has 0 atom stereocenters. The van der Waals surface area contributed by atoms with Gasteiger partial charge in [0.15, 0.2) is 0 Å². The molecule has 3 N–H and O–H groups in total. The van der Waals surface area contributed by atoms with Gasteiger partial charge in [0.1, 0.15) is 11.6 Å². The largest absolute Gasteiger partial charge is 0.497 e. The molecule has 0 heterocycles. The summed E-state index contributed by atoms with van der Waals surface area (Å²) in [6.45, 7) is 0.461. The molecule has 21 heavy (non-hydrogen) atoms. The summed E-state index contributed by atoms with van der Waals surface area (Å²) in [7, 11) is 1.61. The summed E-state index contributed by atoms with van der Waals surface area (Å²) >= 11 is 0. The highest BCUT2D eigenvalue weighted by Gasteiger charge is 2.09. The number of nitrogen functional groups attached to an aromatic ring is 1. The van der Waals surface area contributed by atoms with Crippen LogP contribution in [0.1, 0.15) is 15.9 Å². The molecule has 0 fully saturated rings. The van der Waals surface area contributed by atoms with E-state index < -0.39 is 5.82 Å². The smallest absolute Gasteiger partial charge is 0.253 e. The maximum atomic E-state index is 12.9. The van der Waals surface area contributed by atoms with Gasteiger partial charge in [0.2, 0.25) is 0 Å². The Morgan fingerprint density at radius 1 is 1.29 bits per heavy atom. The molecule has 0 aliphatic rings. The number of nitrogens with two attached hydrogens (primary N) is 1. The first-order chi connectivity index (χ1) is 10.1. The third-order valence-corrected chi connectivity index (χ3v) is 3.09. The monoisotopic (exact) mass is 288 g/mol. The molecular formula is C16H17FN2O2. The van der Waals surface area contributed by atoms with Gasteiger partial charge < -0.3 is 15.8 Å². The van der Waals surface area contributed by atoms with E-state index in [0.717, 1.165) is 17.4 Å². The van der Waals surface area contributed by atoms with Crippen molar-refractivity contribution < 1.29 is 13.9 Å². The van der Waals surface area contributed by atoms with Crippen molar-refractivity contribution in [3.8, 4) is 5.75 Å². The lowest BCUT2D eigenvalue weighted by Gasteiger charge is -2.08. The van der Waals surface area contributed by atoms with Gasteiger partial charge in [-0.05, 0) is 42.3 Å². The summed E-state index contributed by atoms with van der Waals surface area (Å²) in [5, 5.41) is 2.76. The fraction of sp³-hybridized carbons (Fsp3) is 0.188. The summed E-state index contributed by atoms with van der Waals surface area (Å²) < 4.78 is 18.1. The van der Waals surface area contributed by atoms with Gasteiger partial charge in [0.05, 0.1) is 12.7 Å². The molecule has 0 unspecified atom stereocenters. The molecule has 2 rings (SSSR count). The second kappa shape index (κ2) is 6.74. The Kier molecular flexibility index (Phi) is 4.77. The quantitative estimate of drug-likeness (QED) is 0.830. The van der Waals surface area contributed by atoms with Gasteiger partial charge in [0, 0.05) is 12.2 Å². The molecule has 0 aromatic heterocycles. The maximum absolute atomic E-state index is 12.9. The van der Waals surface area contributed by atoms with Gasteiger partial charge in [-0.15, -0.1) is 0 Å². The number of nitrogens with one attached hydrogen (secondary N) is 1. The van der Waals surface area contributed by atoms with Crippen LogP contribution in [0.2, 0.25) is 0 Å². The molecule has 110 valence electrons. The zero-order valence-electron chi connectivity index (χ0n) is 11.7. The fourth-order valence-corrected chi connectivity index (χ4v) is 1.98. The number of carbonyl (C=O) groups excluding carboxylic acids is 1. The van der Waals surface area contributed by atoms with Crippen LogP contribution in [0.3, 0.4) is 0 Å². The van der Waals surface area contributed by atoms with Crippen LogP contribution in [0.4, 0.5) is 10.1 Å². The van der Waals surface area contributed by atoms with Crippen molar-refractivity contribution in [3.05, 3.63) is 59.4 Å². The Balaban J connectivity index is 1.92. The third kappa shape index (κ3) is 3.95. The van der Waals surface area contributed by atoms with Crippen molar-refractivity contribution in [1.29, 1.82) is 0 Å². The lowest BCUT2D eigenvalue weighted by atomic mass is 10.1. The minimum Gasteiger partial charge on any atom is -0.497 e. The van der Waals surface area contributed by atoms with E-state index in [0.29, 0.717) is 13.0 Å². The van der Waals surface area contributed by atoms with Gasteiger partial charge in [-0.25, -0.2) is 4.39 Å². The molecule has 0 aliphatic heterocycles. The molecule has 5 heteroatoms. The summed E-state index contributed by atoms with van der Waals surface area (Å²) in [5.74, 6) is 0.0115. The van der Waals surface area contributed by atoms with Crippen LogP contribution in [-0.4, -0.2) is 19.6 Å². The minimum absolute atomic E-state index is 0.133. The number of anilines is 1. The highest BCUT2D eigenvalue weighted by molar-refractivity contribution is 5.99. The van der Waals surface area contributed by atoms with Gasteiger partial charge in [-0.3, -0.25) is 4.79 Å². The van der Waals surface area contributed by atoms with E-state index >= 15 is 0 Å². The molecule has 2 aromatic carbocycles. The average molecular weight is 288 g/mol. The van der Waals surface area contributed by atoms with E-state index in [1.54, 1.807) is 7.11 Å². The van der Waals surface area contributed by atoms with Gasteiger partial charge in [0.25, 0.3) is 5.91 Å². The molecule has 0 bridgehead atoms. The van der Waals surface area contributed by atoms with Gasteiger partial charge in [-0.1, -0.05) is 12.1 Å². The molecule has 4 nitrogen and oxygen atoms in total.